The van der Waals surface area contributed by atoms with Crippen LogP contribution in [-0.2, 0) is 40.4 Å². The number of aryl methyl sites for hydroxylation is 1. The Bertz CT molecular complexity index is 1930. The summed E-state index contributed by atoms with van der Waals surface area (Å²) in [5.74, 6) is -2.48. The molecule has 2 aliphatic carbocycles. The second-order valence-electron chi connectivity index (χ2n) is 16.9. The predicted octanol–water partition coefficient (Wildman–Crippen LogP) is 5.25. The van der Waals surface area contributed by atoms with E-state index in [-0.39, 0.29) is 31.7 Å². The number of hydrogen-bond acceptors (Lipinski definition) is 8. The van der Waals surface area contributed by atoms with Gasteiger partial charge in [0.25, 0.3) is 5.91 Å². The van der Waals surface area contributed by atoms with E-state index in [0.29, 0.717) is 44.3 Å². The maximum Gasteiger partial charge on any atom is 0.307 e. The molecule has 0 bridgehead atoms. The summed E-state index contributed by atoms with van der Waals surface area (Å²) in [6, 6.07) is 11.1. The van der Waals surface area contributed by atoms with Crippen LogP contribution in [0.1, 0.15) is 104 Å². The van der Waals surface area contributed by atoms with Crippen molar-refractivity contribution in [2.75, 3.05) is 6.54 Å². The van der Waals surface area contributed by atoms with Gasteiger partial charge in [0.15, 0.2) is 0 Å². The van der Waals surface area contributed by atoms with Crippen molar-refractivity contribution in [3.05, 3.63) is 54.1 Å². The van der Waals surface area contributed by atoms with Gasteiger partial charge in [-0.1, -0.05) is 55.3 Å². The van der Waals surface area contributed by atoms with Crippen LogP contribution < -0.4 is 14.8 Å². The van der Waals surface area contributed by atoms with E-state index >= 15 is 0 Å². The number of esters is 1. The Morgan fingerprint density at radius 1 is 1.04 bits per heavy atom. The van der Waals surface area contributed by atoms with Gasteiger partial charge in [-0.05, 0) is 95.9 Å². The topological polar surface area (TPSA) is 148 Å². The lowest BCUT2D eigenvalue weighted by molar-refractivity contribution is -0.159. The molecule has 3 fully saturated rings. The molecule has 2 saturated carbocycles. The average molecular weight is 734 g/mol. The first-order chi connectivity index (χ1) is 24.5. The van der Waals surface area contributed by atoms with Gasteiger partial charge in [0.2, 0.25) is 21.8 Å². The SMILES string of the molecule is CC(C)(C)OC(=O)C[C@H]1CCCCC/C=C\[C@@H]2C[C@@]2(C(=O)NS(=O)(=O)C2(C)CC2)NC(=O)[C@@H]2C[C@]3(CCc4c(ccc5ccccc45)O3)CN2C1=O. The molecule has 12 heteroatoms. The van der Waals surface area contributed by atoms with Crippen LogP contribution in [0.3, 0.4) is 0 Å². The zero-order chi connectivity index (χ0) is 37.1. The number of ether oxygens (including phenoxy) is 2. The van der Waals surface area contributed by atoms with E-state index in [1.165, 1.54) is 0 Å². The van der Waals surface area contributed by atoms with Gasteiger partial charge in [-0.2, -0.15) is 0 Å². The Hall–Kier alpha value is -3.93. The highest BCUT2D eigenvalue weighted by Gasteiger charge is 2.64. The fraction of sp³-hybridized carbons (Fsp3) is 0.600. The normalized spacial score (nSPS) is 30.8. The number of hydrogen-bond donors (Lipinski definition) is 2. The zero-order valence-electron chi connectivity index (χ0n) is 30.7. The zero-order valence-corrected chi connectivity index (χ0v) is 31.5. The summed E-state index contributed by atoms with van der Waals surface area (Å²) in [6.45, 7) is 7.11. The van der Waals surface area contributed by atoms with Crippen molar-refractivity contribution in [3.8, 4) is 5.75 Å². The van der Waals surface area contributed by atoms with Crippen molar-refractivity contribution in [1.82, 2.24) is 14.9 Å². The van der Waals surface area contributed by atoms with Crippen LogP contribution in [0, 0.1) is 11.8 Å². The van der Waals surface area contributed by atoms with E-state index < -0.39 is 67.2 Å². The number of carbonyl (C=O) groups excluding carboxylic acids is 4. The standard InChI is InChI=1S/C40H51N3O8S/c1-37(2,3)51-33(44)22-27-13-8-6-5-7-9-14-28-23-40(28,36(47)42-52(48,49)38(4)20-21-38)41-34(45)31-24-39(25-43(31)35(27)46)19-18-30-29-15-11-10-12-26(29)16-17-32(30)50-39/h9-12,14-17,27-28,31H,5-8,13,18-25H2,1-4H3,(H,41,45)(H,42,47)/b14-9-/t27-,28-,31+,39-,40-/m1/s1. The van der Waals surface area contributed by atoms with Gasteiger partial charge in [-0.3, -0.25) is 23.9 Å². The summed E-state index contributed by atoms with van der Waals surface area (Å²) >= 11 is 0. The van der Waals surface area contributed by atoms with E-state index in [2.05, 4.69) is 22.2 Å². The van der Waals surface area contributed by atoms with Gasteiger partial charge < -0.3 is 19.7 Å². The van der Waals surface area contributed by atoms with E-state index in [9.17, 15) is 27.6 Å². The molecule has 0 aromatic heterocycles. The number of amides is 3. The molecule has 2 aromatic carbocycles. The van der Waals surface area contributed by atoms with E-state index in [1.807, 2.05) is 36.4 Å². The molecular weight excluding hydrogens is 683 g/mol. The quantitative estimate of drug-likeness (QED) is 0.313. The van der Waals surface area contributed by atoms with Crippen LogP contribution in [-0.4, -0.2) is 71.1 Å². The van der Waals surface area contributed by atoms with Gasteiger partial charge in [-0.25, -0.2) is 8.42 Å². The molecule has 2 N–H and O–H groups in total. The van der Waals surface area contributed by atoms with Gasteiger partial charge in [0.1, 0.15) is 28.5 Å². The second-order valence-corrected chi connectivity index (χ2v) is 19.1. The number of rotatable bonds is 5. The molecule has 52 heavy (non-hydrogen) atoms. The number of sulfonamides is 1. The molecule has 280 valence electrons. The van der Waals surface area contributed by atoms with E-state index in [1.54, 1.807) is 32.6 Å². The molecule has 1 spiro atoms. The molecule has 3 amide bonds. The Morgan fingerprint density at radius 3 is 2.56 bits per heavy atom. The highest BCUT2D eigenvalue weighted by Crippen LogP contribution is 2.49. The third-order valence-electron chi connectivity index (χ3n) is 11.7. The minimum Gasteiger partial charge on any atom is -0.485 e. The second kappa shape index (κ2) is 13.2. The lowest BCUT2D eigenvalue weighted by Gasteiger charge is -2.36. The smallest absolute Gasteiger partial charge is 0.307 e. The molecule has 0 radical (unpaired) electrons. The Balaban J connectivity index is 1.22. The molecule has 3 heterocycles. The molecule has 5 atom stereocenters. The minimum absolute atomic E-state index is 0.116. The number of benzene rings is 2. The maximum absolute atomic E-state index is 14.7. The monoisotopic (exact) mass is 733 g/mol. The summed E-state index contributed by atoms with van der Waals surface area (Å²) in [5, 5.41) is 5.17. The van der Waals surface area contributed by atoms with Gasteiger partial charge in [0, 0.05) is 23.8 Å². The summed E-state index contributed by atoms with van der Waals surface area (Å²) in [7, 11) is -3.96. The first kappa shape index (κ1) is 36.4. The molecule has 0 unspecified atom stereocenters. The maximum atomic E-state index is 14.7. The number of nitrogens with zero attached hydrogens (tertiary/aromatic N) is 1. The Morgan fingerprint density at radius 2 is 1.81 bits per heavy atom. The van der Waals surface area contributed by atoms with Crippen LogP contribution in [0.2, 0.25) is 0 Å². The Labute approximate surface area is 306 Å². The van der Waals surface area contributed by atoms with E-state index in [0.717, 1.165) is 35.6 Å². The van der Waals surface area contributed by atoms with Crippen molar-refractivity contribution >= 4 is 44.5 Å². The van der Waals surface area contributed by atoms with E-state index in [4.69, 9.17) is 9.47 Å². The summed E-state index contributed by atoms with van der Waals surface area (Å²) in [4.78, 5) is 57.8. The third-order valence-corrected chi connectivity index (χ3v) is 13.9. The summed E-state index contributed by atoms with van der Waals surface area (Å²) in [5.41, 5.74) is -1.98. The van der Waals surface area contributed by atoms with Crippen molar-refractivity contribution in [1.29, 1.82) is 0 Å². The first-order valence-corrected chi connectivity index (χ1v) is 20.3. The summed E-state index contributed by atoms with van der Waals surface area (Å²) < 4.78 is 40.1. The number of fused-ring (bicyclic) bond motifs is 5. The van der Waals surface area contributed by atoms with Crippen molar-refractivity contribution < 1.29 is 37.1 Å². The molecule has 2 aromatic rings. The fourth-order valence-corrected chi connectivity index (χ4v) is 9.58. The predicted molar refractivity (Wildman–Crippen MR) is 196 cm³/mol. The average Bonchev–Trinajstić information content (AvgIpc) is 3.97. The lowest BCUT2D eigenvalue weighted by Crippen LogP contribution is -2.57. The van der Waals surface area contributed by atoms with Crippen LogP contribution >= 0.6 is 0 Å². The van der Waals surface area contributed by atoms with Crippen LogP contribution in [0.25, 0.3) is 10.8 Å². The largest absolute Gasteiger partial charge is 0.485 e. The van der Waals surface area contributed by atoms with Gasteiger partial charge >= 0.3 is 5.97 Å². The molecule has 1 saturated heterocycles. The van der Waals surface area contributed by atoms with Crippen LogP contribution in [0.4, 0.5) is 0 Å². The molecule has 11 nitrogen and oxygen atoms in total. The van der Waals surface area contributed by atoms with Crippen LogP contribution in [0.5, 0.6) is 5.75 Å². The summed E-state index contributed by atoms with van der Waals surface area (Å²) in [6.07, 6.45) is 9.95. The molecule has 7 rings (SSSR count). The highest BCUT2D eigenvalue weighted by atomic mass is 32.2. The third kappa shape index (κ3) is 7.07. The van der Waals surface area contributed by atoms with Crippen molar-refractivity contribution in [2.45, 2.75) is 132 Å². The molecular formula is C40H51N3O8S. The van der Waals surface area contributed by atoms with Gasteiger partial charge in [0.05, 0.1) is 17.7 Å². The minimum atomic E-state index is -3.96. The van der Waals surface area contributed by atoms with Gasteiger partial charge in [-0.15, -0.1) is 0 Å². The highest BCUT2D eigenvalue weighted by molar-refractivity contribution is 7.91. The van der Waals surface area contributed by atoms with Crippen molar-refractivity contribution in [3.63, 3.8) is 0 Å². The fourth-order valence-electron chi connectivity index (χ4n) is 8.26. The first-order valence-electron chi connectivity index (χ1n) is 18.8. The van der Waals surface area contributed by atoms with Crippen LogP contribution in [0.15, 0.2) is 48.6 Å². The number of nitrogens with one attached hydrogen (secondary N) is 2. The number of allylic oxidation sites excluding steroid dienone is 1. The number of carbonyl (C=O) groups is 4. The van der Waals surface area contributed by atoms with Crippen molar-refractivity contribution in [2.24, 2.45) is 11.8 Å². The Kier molecular flexibility index (Phi) is 9.23. The molecule has 3 aliphatic heterocycles. The molecule has 5 aliphatic rings. The lowest BCUT2D eigenvalue weighted by atomic mass is 9.87.